The molecule has 0 heterocycles. The molecule has 0 amide bonds. The molecule has 4 N–H and O–H groups in total. The van der Waals surface area contributed by atoms with Crippen molar-refractivity contribution >= 4 is 11.9 Å². The molecule has 0 bridgehead atoms. The molecule has 17 heavy (non-hydrogen) atoms. The van der Waals surface area contributed by atoms with Crippen LogP contribution < -0.4 is 0 Å². The first-order chi connectivity index (χ1) is 7.62. The van der Waals surface area contributed by atoms with Crippen LogP contribution >= 0.6 is 0 Å². The molecule has 0 aromatic heterocycles. The van der Waals surface area contributed by atoms with E-state index in [4.69, 9.17) is 20.4 Å². The van der Waals surface area contributed by atoms with Crippen molar-refractivity contribution in [2.24, 2.45) is 0 Å². The summed E-state index contributed by atoms with van der Waals surface area (Å²) in [5, 5.41) is 31.6. The maximum absolute atomic E-state index is 10.3. The minimum Gasteiger partial charge on any atom is -0.460 e. The van der Waals surface area contributed by atoms with Gasteiger partial charge in [-0.3, -0.25) is 0 Å². The molecule has 0 radical (unpaired) electrons. The quantitative estimate of drug-likeness (QED) is 0.307. The van der Waals surface area contributed by atoms with Gasteiger partial charge in [0, 0.05) is 0 Å². The Kier molecular flexibility index (Phi) is 21.3. The second kappa shape index (κ2) is 17.2. The summed E-state index contributed by atoms with van der Waals surface area (Å²) in [5.74, 6) is -1.56. The average Bonchev–Trinajstić information content (AvgIpc) is 2.34. The Labute approximate surface area is 99.4 Å². The van der Waals surface area contributed by atoms with E-state index in [1.165, 1.54) is 0 Å². The molecular weight excluding hydrogens is 236 g/mol. The van der Waals surface area contributed by atoms with Gasteiger partial charge in [0.05, 0.1) is 13.2 Å². The molecule has 0 fully saturated rings. The van der Waals surface area contributed by atoms with Gasteiger partial charge in [0.1, 0.15) is 26.4 Å². The van der Waals surface area contributed by atoms with E-state index in [9.17, 15) is 9.59 Å². The van der Waals surface area contributed by atoms with Gasteiger partial charge >= 0.3 is 11.9 Å². The standard InChI is InChI=1S/C6H10O6.C2H6O2.CH4/c7-3-5(9)11-1-2-12-6(10)4-8;3-1-2-4;/h7-8H,1-4H2;3-4H,1-2H2;1H4. The molecule has 0 aromatic rings. The summed E-state index contributed by atoms with van der Waals surface area (Å²) in [7, 11) is 0. The number of carbonyl (C=O) groups excluding carboxylic acids is 2. The maximum atomic E-state index is 10.3. The fourth-order valence-corrected chi connectivity index (χ4v) is 0.402. The van der Waals surface area contributed by atoms with Crippen molar-refractivity contribution in [3.8, 4) is 0 Å². The van der Waals surface area contributed by atoms with Crippen molar-refractivity contribution in [3.05, 3.63) is 0 Å². The van der Waals surface area contributed by atoms with E-state index < -0.39 is 25.2 Å². The zero-order chi connectivity index (χ0) is 12.8. The first-order valence-corrected chi connectivity index (χ1v) is 4.37. The van der Waals surface area contributed by atoms with Crippen molar-refractivity contribution in [2.75, 3.05) is 39.6 Å². The highest BCUT2D eigenvalue weighted by Crippen LogP contribution is 1.80. The van der Waals surface area contributed by atoms with Crippen LogP contribution in [0.25, 0.3) is 0 Å². The van der Waals surface area contributed by atoms with Crippen LogP contribution in [-0.4, -0.2) is 72.0 Å². The van der Waals surface area contributed by atoms with Gasteiger partial charge in [-0.25, -0.2) is 9.59 Å². The Balaban J connectivity index is -0.000000340. The van der Waals surface area contributed by atoms with Crippen LogP contribution in [0.2, 0.25) is 0 Å². The maximum Gasteiger partial charge on any atom is 0.331 e. The van der Waals surface area contributed by atoms with Crippen LogP contribution in [0.4, 0.5) is 0 Å². The van der Waals surface area contributed by atoms with Crippen LogP contribution in [0.5, 0.6) is 0 Å². The van der Waals surface area contributed by atoms with E-state index in [0.717, 1.165) is 0 Å². The third-order valence-corrected chi connectivity index (χ3v) is 0.968. The van der Waals surface area contributed by atoms with Gasteiger partial charge < -0.3 is 29.9 Å². The van der Waals surface area contributed by atoms with Gasteiger partial charge in [0.25, 0.3) is 0 Å². The summed E-state index contributed by atoms with van der Waals surface area (Å²) in [6, 6.07) is 0. The minimum atomic E-state index is -0.782. The summed E-state index contributed by atoms with van der Waals surface area (Å²) in [4.78, 5) is 20.5. The molecule has 0 saturated carbocycles. The number of carbonyl (C=O) groups is 2. The van der Waals surface area contributed by atoms with E-state index in [-0.39, 0.29) is 33.9 Å². The fourth-order valence-electron chi connectivity index (χ4n) is 0.402. The van der Waals surface area contributed by atoms with Crippen molar-refractivity contribution in [3.63, 3.8) is 0 Å². The summed E-state index contributed by atoms with van der Waals surface area (Å²) in [6.07, 6.45) is 0. The number of esters is 2. The van der Waals surface area contributed by atoms with Crippen molar-refractivity contribution in [1.29, 1.82) is 0 Å². The summed E-state index contributed by atoms with van der Waals surface area (Å²) in [5.41, 5.74) is 0. The fraction of sp³-hybridized carbons (Fsp3) is 0.778. The molecule has 0 spiro atoms. The zero-order valence-corrected chi connectivity index (χ0v) is 8.66. The third kappa shape index (κ3) is 20.8. The van der Waals surface area contributed by atoms with Crippen LogP contribution in [0.1, 0.15) is 7.43 Å². The minimum absolute atomic E-state index is 0. The van der Waals surface area contributed by atoms with E-state index in [1.807, 2.05) is 0 Å². The number of aliphatic hydroxyl groups is 4. The molecule has 8 nitrogen and oxygen atoms in total. The molecule has 0 saturated heterocycles. The second-order valence-electron chi connectivity index (χ2n) is 2.20. The second-order valence-corrected chi connectivity index (χ2v) is 2.20. The van der Waals surface area contributed by atoms with Crippen LogP contribution in [0.3, 0.4) is 0 Å². The topological polar surface area (TPSA) is 134 Å². The summed E-state index contributed by atoms with van der Waals surface area (Å²) < 4.78 is 8.68. The molecule has 0 aromatic carbocycles. The van der Waals surface area contributed by atoms with E-state index in [1.54, 1.807) is 0 Å². The van der Waals surface area contributed by atoms with Gasteiger partial charge in [-0.1, -0.05) is 7.43 Å². The van der Waals surface area contributed by atoms with Crippen LogP contribution in [0, 0.1) is 0 Å². The van der Waals surface area contributed by atoms with Crippen molar-refractivity contribution < 1.29 is 39.5 Å². The average molecular weight is 256 g/mol. The van der Waals surface area contributed by atoms with Gasteiger partial charge in [-0.15, -0.1) is 0 Å². The molecule has 0 aliphatic rings. The smallest absolute Gasteiger partial charge is 0.331 e. The van der Waals surface area contributed by atoms with Crippen LogP contribution in [-0.2, 0) is 19.1 Å². The Morgan fingerprint density at radius 3 is 1.24 bits per heavy atom. The zero-order valence-electron chi connectivity index (χ0n) is 8.66. The molecule has 0 unspecified atom stereocenters. The van der Waals surface area contributed by atoms with Crippen molar-refractivity contribution in [1.82, 2.24) is 0 Å². The van der Waals surface area contributed by atoms with E-state index in [0.29, 0.717) is 0 Å². The molecule has 0 aliphatic carbocycles. The number of aliphatic hydroxyl groups excluding tert-OH is 4. The number of hydrogen-bond acceptors (Lipinski definition) is 8. The predicted molar refractivity (Wildman–Crippen MR) is 57.0 cm³/mol. The molecule has 8 heteroatoms. The summed E-state index contributed by atoms with van der Waals surface area (Å²) >= 11 is 0. The lowest BCUT2D eigenvalue weighted by atomic mass is 10.7. The highest BCUT2D eigenvalue weighted by Gasteiger charge is 2.01. The van der Waals surface area contributed by atoms with E-state index >= 15 is 0 Å². The lowest BCUT2D eigenvalue weighted by Crippen LogP contribution is -2.17. The molecule has 0 rings (SSSR count). The van der Waals surface area contributed by atoms with Gasteiger partial charge in [0.15, 0.2) is 0 Å². The highest BCUT2D eigenvalue weighted by molar-refractivity contribution is 5.71. The third-order valence-electron chi connectivity index (χ3n) is 0.968. The monoisotopic (exact) mass is 256 g/mol. The highest BCUT2D eigenvalue weighted by atomic mass is 16.6. The first kappa shape index (κ1) is 21.1. The largest absolute Gasteiger partial charge is 0.460 e. The SMILES string of the molecule is C.O=C(CO)OCCOC(=O)CO.OCCO. The Hall–Kier alpha value is -1.22. The number of rotatable bonds is 6. The lowest BCUT2D eigenvalue weighted by Gasteiger charge is -2.03. The van der Waals surface area contributed by atoms with E-state index in [2.05, 4.69) is 9.47 Å². The molecular formula is C9H20O8. The first-order valence-electron chi connectivity index (χ1n) is 4.37. The normalized spacial score (nSPS) is 8.24. The molecule has 0 aliphatic heterocycles. The van der Waals surface area contributed by atoms with Gasteiger partial charge in [-0.05, 0) is 0 Å². The van der Waals surface area contributed by atoms with Gasteiger partial charge in [-0.2, -0.15) is 0 Å². The number of ether oxygens (including phenoxy) is 2. The Morgan fingerprint density at radius 1 is 0.765 bits per heavy atom. The Morgan fingerprint density at radius 2 is 1.06 bits per heavy atom. The number of hydrogen-bond donors (Lipinski definition) is 4. The predicted octanol–water partition coefficient (Wildman–Crippen LogP) is -2.34. The Bertz CT molecular complexity index is 162. The molecule has 0 atom stereocenters. The summed E-state index contributed by atoms with van der Waals surface area (Å²) in [6.45, 7) is -1.89. The van der Waals surface area contributed by atoms with Crippen LogP contribution in [0.15, 0.2) is 0 Å². The molecule has 104 valence electrons. The van der Waals surface area contributed by atoms with Gasteiger partial charge in [0.2, 0.25) is 0 Å². The lowest BCUT2D eigenvalue weighted by molar-refractivity contribution is -0.155. The van der Waals surface area contributed by atoms with Crippen molar-refractivity contribution in [2.45, 2.75) is 7.43 Å².